The maximum absolute atomic E-state index is 5.62. The Morgan fingerprint density at radius 3 is 2.19 bits per heavy atom. The van der Waals surface area contributed by atoms with E-state index < -0.39 is 0 Å². The molecule has 21 heavy (non-hydrogen) atoms. The largest absolute Gasteiger partial charge is 0.493 e. The Bertz CT molecular complexity index is 599. The highest BCUT2D eigenvalue weighted by molar-refractivity contribution is 7.80. The lowest BCUT2D eigenvalue weighted by atomic mass is 10.2. The van der Waals surface area contributed by atoms with E-state index in [1.165, 1.54) is 0 Å². The molecule has 0 unspecified atom stereocenters. The van der Waals surface area contributed by atoms with Crippen molar-refractivity contribution in [3.05, 3.63) is 54.1 Å². The molecule has 0 bridgehead atoms. The van der Waals surface area contributed by atoms with E-state index in [1.807, 2.05) is 48.5 Å². The second-order valence-corrected chi connectivity index (χ2v) is 4.68. The molecule has 0 fully saturated rings. The van der Waals surface area contributed by atoms with Gasteiger partial charge in [0.25, 0.3) is 0 Å². The molecule has 0 saturated heterocycles. The van der Waals surface area contributed by atoms with Gasteiger partial charge < -0.3 is 19.9 Å². The van der Waals surface area contributed by atoms with Gasteiger partial charge >= 0.3 is 0 Å². The third kappa shape index (κ3) is 4.36. The van der Waals surface area contributed by atoms with E-state index in [4.69, 9.17) is 32.2 Å². The van der Waals surface area contributed by atoms with Gasteiger partial charge in [0.1, 0.15) is 24.0 Å². The zero-order valence-electron chi connectivity index (χ0n) is 11.7. The van der Waals surface area contributed by atoms with Crippen LogP contribution in [-0.4, -0.2) is 25.3 Å². The van der Waals surface area contributed by atoms with Crippen LogP contribution >= 0.6 is 12.2 Å². The van der Waals surface area contributed by atoms with Crippen molar-refractivity contribution < 1.29 is 14.2 Å². The molecule has 2 aromatic carbocycles. The minimum Gasteiger partial charge on any atom is -0.493 e. The number of hydrogen-bond acceptors (Lipinski definition) is 4. The summed E-state index contributed by atoms with van der Waals surface area (Å²) in [7, 11) is 1.61. The van der Waals surface area contributed by atoms with E-state index in [2.05, 4.69) is 0 Å². The summed E-state index contributed by atoms with van der Waals surface area (Å²) < 4.78 is 16.4. The zero-order valence-corrected chi connectivity index (χ0v) is 12.6. The van der Waals surface area contributed by atoms with Gasteiger partial charge in [-0.2, -0.15) is 0 Å². The van der Waals surface area contributed by atoms with Crippen LogP contribution in [0.2, 0.25) is 0 Å². The Balaban J connectivity index is 1.80. The molecule has 0 spiro atoms. The maximum atomic E-state index is 5.62. The molecule has 5 heteroatoms. The Labute approximate surface area is 129 Å². The van der Waals surface area contributed by atoms with Crippen LogP contribution in [0.15, 0.2) is 48.5 Å². The van der Waals surface area contributed by atoms with Crippen molar-refractivity contribution in [3.8, 4) is 17.2 Å². The van der Waals surface area contributed by atoms with Crippen LogP contribution in [0.1, 0.15) is 5.56 Å². The molecule has 0 atom stereocenters. The zero-order chi connectivity index (χ0) is 15.1. The number of thiocarbonyl (C=S) groups is 1. The lowest BCUT2D eigenvalue weighted by Crippen LogP contribution is -2.10. The number of rotatable bonds is 7. The van der Waals surface area contributed by atoms with Gasteiger partial charge in [-0.3, -0.25) is 0 Å². The second-order valence-electron chi connectivity index (χ2n) is 4.24. The third-order valence-electron chi connectivity index (χ3n) is 2.82. The number of ether oxygens (including phenoxy) is 3. The molecule has 0 saturated carbocycles. The number of benzene rings is 2. The lowest BCUT2D eigenvalue weighted by Gasteiger charge is -2.11. The van der Waals surface area contributed by atoms with Crippen LogP contribution < -0.4 is 19.9 Å². The molecule has 0 amide bonds. The molecule has 4 nitrogen and oxygen atoms in total. The molecule has 2 rings (SSSR count). The minimum atomic E-state index is 0.376. The van der Waals surface area contributed by atoms with E-state index in [0.29, 0.717) is 29.7 Å². The lowest BCUT2D eigenvalue weighted by molar-refractivity contribution is 0.211. The molecule has 110 valence electrons. The maximum Gasteiger partial charge on any atom is 0.161 e. The molecule has 0 aromatic heterocycles. The van der Waals surface area contributed by atoms with Crippen molar-refractivity contribution in [2.24, 2.45) is 5.73 Å². The predicted octanol–water partition coefficient (Wildman–Crippen LogP) is 2.79. The number of nitrogens with two attached hydrogens (primary N) is 1. The molecule has 0 radical (unpaired) electrons. The predicted molar refractivity (Wildman–Crippen MR) is 86.3 cm³/mol. The minimum absolute atomic E-state index is 0.376. The van der Waals surface area contributed by atoms with Gasteiger partial charge in [0.15, 0.2) is 11.5 Å². The highest BCUT2D eigenvalue weighted by atomic mass is 32.1. The van der Waals surface area contributed by atoms with E-state index in [9.17, 15) is 0 Å². The van der Waals surface area contributed by atoms with Gasteiger partial charge in [-0.1, -0.05) is 24.4 Å². The first kappa shape index (κ1) is 15.1. The summed E-state index contributed by atoms with van der Waals surface area (Å²) in [6.45, 7) is 0.863. The Morgan fingerprint density at radius 1 is 0.952 bits per heavy atom. The van der Waals surface area contributed by atoms with Crippen molar-refractivity contribution >= 4 is 17.2 Å². The fourth-order valence-corrected chi connectivity index (χ4v) is 1.90. The first-order valence-corrected chi connectivity index (χ1v) is 6.90. The quantitative estimate of drug-likeness (QED) is 0.629. The van der Waals surface area contributed by atoms with Gasteiger partial charge in [-0.05, 0) is 36.4 Å². The molecular weight excluding hydrogens is 286 g/mol. The second kappa shape index (κ2) is 7.50. The van der Waals surface area contributed by atoms with Gasteiger partial charge in [0, 0.05) is 5.56 Å². The SMILES string of the molecule is COc1ccccc1OCCOc1ccc(C(N)=S)cc1. The third-order valence-corrected chi connectivity index (χ3v) is 3.05. The first-order chi connectivity index (χ1) is 10.2. The first-order valence-electron chi connectivity index (χ1n) is 6.49. The van der Waals surface area contributed by atoms with Crippen LogP contribution in [0, 0.1) is 0 Å². The topological polar surface area (TPSA) is 53.7 Å². The molecule has 2 N–H and O–H groups in total. The summed E-state index contributed by atoms with van der Waals surface area (Å²) in [5.74, 6) is 2.16. The monoisotopic (exact) mass is 303 g/mol. The van der Waals surface area contributed by atoms with Crippen molar-refractivity contribution in [2.75, 3.05) is 20.3 Å². The average molecular weight is 303 g/mol. The standard InChI is InChI=1S/C16H17NO3S/c1-18-14-4-2-3-5-15(14)20-11-10-19-13-8-6-12(7-9-13)16(17)21/h2-9H,10-11H2,1H3,(H2,17,21). The summed E-state index contributed by atoms with van der Waals surface area (Å²) in [4.78, 5) is 0.376. The van der Waals surface area contributed by atoms with Crippen molar-refractivity contribution in [2.45, 2.75) is 0 Å². The number of methoxy groups -OCH3 is 1. The summed E-state index contributed by atoms with van der Waals surface area (Å²) in [5.41, 5.74) is 6.36. The summed E-state index contributed by atoms with van der Waals surface area (Å²) >= 11 is 4.89. The van der Waals surface area contributed by atoms with E-state index in [1.54, 1.807) is 7.11 Å². The Kier molecular flexibility index (Phi) is 5.40. The summed E-state index contributed by atoms with van der Waals surface area (Å²) in [5, 5.41) is 0. The molecule has 0 aliphatic carbocycles. The van der Waals surface area contributed by atoms with Crippen molar-refractivity contribution in [1.29, 1.82) is 0 Å². The summed E-state index contributed by atoms with van der Waals surface area (Å²) in [6.07, 6.45) is 0. The van der Waals surface area contributed by atoms with E-state index in [0.717, 1.165) is 11.3 Å². The normalized spacial score (nSPS) is 9.95. The molecular formula is C16H17NO3S. The van der Waals surface area contributed by atoms with Gasteiger partial charge in [-0.15, -0.1) is 0 Å². The Hall–Kier alpha value is -2.27. The van der Waals surface area contributed by atoms with Crippen LogP contribution in [0.4, 0.5) is 0 Å². The molecule has 0 heterocycles. The van der Waals surface area contributed by atoms with Crippen LogP contribution in [-0.2, 0) is 0 Å². The van der Waals surface area contributed by atoms with Gasteiger partial charge in [0.2, 0.25) is 0 Å². The fraction of sp³-hybridized carbons (Fsp3) is 0.188. The van der Waals surface area contributed by atoms with Crippen LogP contribution in [0.3, 0.4) is 0 Å². The highest BCUT2D eigenvalue weighted by Gasteiger charge is 2.02. The van der Waals surface area contributed by atoms with Crippen LogP contribution in [0.25, 0.3) is 0 Å². The van der Waals surface area contributed by atoms with E-state index in [-0.39, 0.29) is 0 Å². The number of para-hydroxylation sites is 2. The van der Waals surface area contributed by atoms with Gasteiger partial charge in [-0.25, -0.2) is 0 Å². The van der Waals surface area contributed by atoms with Crippen molar-refractivity contribution in [3.63, 3.8) is 0 Å². The van der Waals surface area contributed by atoms with Gasteiger partial charge in [0.05, 0.1) is 7.11 Å². The molecule has 2 aromatic rings. The highest BCUT2D eigenvalue weighted by Crippen LogP contribution is 2.25. The Morgan fingerprint density at radius 2 is 1.57 bits per heavy atom. The average Bonchev–Trinajstić information content (AvgIpc) is 2.52. The van der Waals surface area contributed by atoms with Crippen LogP contribution in [0.5, 0.6) is 17.2 Å². The molecule has 0 aliphatic rings. The summed E-state index contributed by atoms with van der Waals surface area (Å²) in [6, 6.07) is 14.8. The smallest absolute Gasteiger partial charge is 0.161 e. The fourth-order valence-electron chi connectivity index (χ4n) is 1.76. The van der Waals surface area contributed by atoms with E-state index >= 15 is 0 Å². The van der Waals surface area contributed by atoms with Crippen molar-refractivity contribution in [1.82, 2.24) is 0 Å². The number of hydrogen-bond donors (Lipinski definition) is 1. The molecule has 0 aliphatic heterocycles.